The van der Waals surface area contributed by atoms with E-state index in [-0.39, 0.29) is 11.7 Å². The lowest BCUT2D eigenvalue weighted by atomic mass is 9.98. The Morgan fingerprint density at radius 3 is 3.00 bits per heavy atom. The Bertz CT molecular complexity index is 436. The number of hydrogen-bond acceptors (Lipinski definition) is 2. The van der Waals surface area contributed by atoms with Crippen LogP contribution in [0.15, 0.2) is 18.2 Å². The molecule has 0 aromatic heterocycles. The topological polar surface area (TPSA) is 26.3 Å². The summed E-state index contributed by atoms with van der Waals surface area (Å²) < 4.78 is 5.67. The van der Waals surface area contributed by atoms with Gasteiger partial charge in [-0.15, -0.1) is 0 Å². The Hall–Kier alpha value is -1.31. The summed E-state index contributed by atoms with van der Waals surface area (Å²) in [5.41, 5.74) is 2.01. The van der Waals surface area contributed by atoms with Gasteiger partial charge in [0.25, 0.3) is 0 Å². The Labute approximate surface area is 95.6 Å². The van der Waals surface area contributed by atoms with Crippen molar-refractivity contribution >= 4 is 5.78 Å². The zero-order chi connectivity index (χ0) is 11.1. The SMILES string of the molecule is CC1CC1C(=O)c1cccc2c1OCCC2. The molecule has 0 spiro atoms. The molecule has 0 bridgehead atoms. The molecule has 0 saturated heterocycles. The summed E-state index contributed by atoms with van der Waals surface area (Å²) >= 11 is 0. The molecule has 2 heteroatoms. The normalized spacial score (nSPS) is 26.8. The molecular formula is C14H16O2. The van der Waals surface area contributed by atoms with Gasteiger partial charge in [0.2, 0.25) is 0 Å². The second kappa shape index (κ2) is 3.62. The summed E-state index contributed by atoms with van der Waals surface area (Å²) in [5.74, 6) is 1.95. The minimum atomic E-state index is 0.247. The number of para-hydroxylation sites is 1. The van der Waals surface area contributed by atoms with Crippen LogP contribution in [0.3, 0.4) is 0 Å². The first kappa shape index (κ1) is 9.88. The molecule has 0 amide bonds. The average molecular weight is 216 g/mol. The zero-order valence-corrected chi connectivity index (χ0v) is 9.53. The molecule has 1 aromatic rings. The van der Waals surface area contributed by atoms with E-state index < -0.39 is 0 Å². The molecule has 84 valence electrons. The Morgan fingerprint density at radius 1 is 1.44 bits per heavy atom. The highest BCUT2D eigenvalue weighted by atomic mass is 16.5. The Kier molecular flexibility index (Phi) is 2.23. The molecule has 1 heterocycles. The Balaban J connectivity index is 1.97. The summed E-state index contributed by atoms with van der Waals surface area (Å²) in [6, 6.07) is 5.97. The van der Waals surface area contributed by atoms with Crippen molar-refractivity contribution in [2.24, 2.45) is 11.8 Å². The van der Waals surface area contributed by atoms with Gasteiger partial charge >= 0.3 is 0 Å². The van der Waals surface area contributed by atoms with Crippen molar-refractivity contribution in [1.29, 1.82) is 0 Å². The first-order valence-electron chi connectivity index (χ1n) is 6.06. The van der Waals surface area contributed by atoms with E-state index in [0.29, 0.717) is 5.92 Å². The van der Waals surface area contributed by atoms with E-state index in [9.17, 15) is 4.79 Å². The monoisotopic (exact) mass is 216 g/mol. The molecule has 2 unspecified atom stereocenters. The quantitative estimate of drug-likeness (QED) is 0.710. The number of ether oxygens (including phenoxy) is 1. The lowest BCUT2D eigenvalue weighted by molar-refractivity contribution is 0.0957. The third-order valence-electron chi connectivity index (χ3n) is 3.65. The van der Waals surface area contributed by atoms with Gasteiger partial charge in [0.15, 0.2) is 5.78 Å². The lowest BCUT2D eigenvalue weighted by Crippen LogP contribution is -2.13. The minimum Gasteiger partial charge on any atom is -0.493 e. The number of hydrogen-bond donors (Lipinski definition) is 0. The summed E-state index contributed by atoms with van der Waals surface area (Å²) in [5, 5.41) is 0. The fourth-order valence-corrected chi connectivity index (χ4v) is 2.47. The summed E-state index contributed by atoms with van der Waals surface area (Å²) in [6.07, 6.45) is 3.14. The van der Waals surface area contributed by atoms with Crippen LogP contribution in [0.2, 0.25) is 0 Å². The van der Waals surface area contributed by atoms with E-state index in [0.717, 1.165) is 37.2 Å². The number of rotatable bonds is 2. The molecule has 3 rings (SSSR count). The molecule has 2 aliphatic rings. The van der Waals surface area contributed by atoms with Gasteiger partial charge in [0.05, 0.1) is 12.2 Å². The van der Waals surface area contributed by atoms with Crippen LogP contribution in [0.4, 0.5) is 0 Å². The second-order valence-electron chi connectivity index (χ2n) is 4.93. The van der Waals surface area contributed by atoms with Crippen LogP contribution in [-0.4, -0.2) is 12.4 Å². The number of benzene rings is 1. The average Bonchev–Trinajstić information content (AvgIpc) is 3.05. The summed E-state index contributed by atoms with van der Waals surface area (Å²) in [4.78, 5) is 12.2. The molecule has 1 fully saturated rings. The zero-order valence-electron chi connectivity index (χ0n) is 9.53. The first-order chi connectivity index (χ1) is 7.77. The van der Waals surface area contributed by atoms with Crippen LogP contribution in [0.1, 0.15) is 35.7 Å². The highest BCUT2D eigenvalue weighted by Crippen LogP contribution is 2.42. The Morgan fingerprint density at radius 2 is 2.25 bits per heavy atom. The number of carbonyl (C=O) groups excluding carboxylic acids is 1. The predicted molar refractivity (Wildman–Crippen MR) is 61.9 cm³/mol. The molecule has 1 aliphatic heterocycles. The number of carbonyl (C=O) groups is 1. The van der Waals surface area contributed by atoms with Crippen molar-refractivity contribution in [3.8, 4) is 5.75 Å². The summed E-state index contributed by atoms with van der Waals surface area (Å²) in [6.45, 7) is 2.89. The van der Waals surface area contributed by atoms with E-state index >= 15 is 0 Å². The number of ketones is 1. The van der Waals surface area contributed by atoms with Gasteiger partial charge in [-0.25, -0.2) is 0 Å². The van der Waals surface area contributed by atoms with E-state index in [1.54, 1.807) is 0 Å². The van der Waals surface area contributed by atoms with Crippen LogP contribution in [0.5, 0.6) is 5.75 Å². The van der Waals surface area contributed by atoms with E-state index in [1.165, 1.54) is 5.56 Å². The molecular weight excluding hydrogens is 200 g/mol. The van der Waals surface area contributed by atoms with Crippen molar-refractivity contribution in [2.75, 3.05) is 6.61 Å². The maximum absolute atomic E-state index is 12.2. The summed E-state index contributed by atoms with van der Waals surface area (Å²) in [7, 11) is 0. The molecule has 1 saturated carbocycles. The molecule has 16 heavy (non-hydrogen) atoms. The van der Waals surface area contributed by atoms with E-state index in [4.69, 9.17) is 4.74 Å². The van der Waals surface area contributed by atoms with Gasteiger partial charge in [0.1, 0.15) is 5.75 Å². The van der Waals surface area contributed by atoms with Gasteiger partial charge < -0.3 is 4.74 Å². The number of aryl methyl sites for hydroxylation is 1. The van der Waals surface area contributed by atoms with Gasteiger partial charge in [-0.3, -0.25) is 4.79 Å². The molecule has 0 N–H and O–H groups in total. The largest absolute Gasteiger partial charge is 0.493 e. The fourth-order valence-electron chi connectivity index (χ4n) is 2.47. The molecule has 1 aliphatic carbocycles. The third-order valence-corrected chi connectivity index (χ3v) is 3.65. The van der Waals surface area contributed by atoms with Crippen molar-refractivity contribution in [2.45, 2.75) is 26.2 Å². The number of fused-ring (bicyclic) bond motifs is 1. The highest BCUT2D eigenvalue weighted by molar-refractivity contribution is 6.02. The van der Waals surface area contributed by atoms with Gasteiger partial charge in [0, 0.05) is 5.92 Å². The van der Waals surface area contributed by atoms with Crippen molar-refractivity contribution in [3.63, 3.8) is 0 Å². The smallest absolute Gasteiger partial charge is 0.169 e. The maximum atomic E-state index is 12.2. The molecule has 2 atom stereocenters. The van der Waals surface area contributed by atoms with Crippen LogP contribution in [0.25, 0.3) is 0 Å². The second-order valence-corrected chi connectivity index (χ2v) is 4.93. The third kappa shape index (κ3) is 1.53. The molecule has 0 radical (unpaired) electrons. The minimum absolute atomic E-state index is 0.247. The van der Waals surface area contributed by atoms with Crippen molar-refractivity contribution in [1.82, 2.24) is 0 Å². The van der Waals surface area contributed by atoms with E-state index in [2.05, 4.69) is 13.0 Å². The van der Waals surface area contributed by atoms with Gasteiger partial charge in [-0.05, 0) is 36.8 Å². The van der Waals surface area contributed by atoms with Crippen LogP contribution >= 0.6 is 0 Å². The van der Waals surface area contributed by atoms with Crippen molar-refractivity contribution < 1.29 is 9.53 Å². The lowest BCUT2D eigenvalue weighted by Gasteiger charge is -2.19. The fraction of sp³-hybridized carbons (Fsp3) is 0.500. The maximum Gasteiger partial charge on any atom is 0.169 e. The van der Waals surface area contributed by atoms with E-state index in [1.807, 2.05) is 12.1 Å². The predicted octanol–water partition coefficient (Wildman–Crippen LogP) is 2.85. The van der Waals surface area contributed by atoms with Gasteiger partial charge in [-0.2, -0.15) is 0 Å². The van der Waals surface area contributed by atoms with Crippen LogP contribution in [0, 0.1) is 11.8 Å². The number of Topliss-reactive ketones (excluding diaryl/α,β-unsaturated/α-hetero) is 1. The molecule has 1 aromatic carbocycles. The van der Waals surface area contributed by atoms with Crippen LogP contribution < -0.4 is 4.74 Å². The van der Waals surface area contributed by atoms with Crippen molar-refractivity contribution in [3.05, 3.63) is 29.3 Å². The van der Waals surface area contributed by atoms with Gasteiger partial charge in [-0.1, -0.05) is 19.1 Å². The highest BCUT2D eigenvalue weighted by Gasteiger charge is 2.40. The first-order valence-corrected chi connectivity index (χ1v) is 6.06. The standard InChI is InChI=1S/C14H16O2/c1-9-8-12(9)13(15)11-6-2-4-10-5-3-7-16-14(10)11/h2,4,6,9,12H,3,5,7-8H2,1H3. The molecule has 2 nitrogen and oxygen atoms in total. The van der Waals surface area contributed by atoms with Crippen LogP contribution in [-0.2, 0) is 6.42 Å².